The van der Waals surface area contributed by atoms with Crippen LogP contribution in [0.15, 0.2) is 12.3 Å². The SMILES string of the molecule is CC(C)N(CC(=O)O)C(=O)c1cc([N+](=O)[O-])cn1C. The number of carboxylic acids is 1. The average molecular weight is 269 g/mol. The van der Waals surface area contributed by atoms with E-state index in [1.54, 1.807) is 13.8 Å². The van der Waals surface area contributed by atoms with Crippen LogP contribution in [0.5, 0.6) is 0 Å². The first-order valence-electron chi connectivity index (χ1n) is 5.57. The Morgan fingerprint density at radius 1 is 1.53 bits per heavy atom. The highest BCUT2D eigenvalue weighted by Gasteiger charge is 2.25. The minimum atomic E-state index is -1.13. The van der Waals surface area contributed by atoms with Crippen LogP contribution in [0.2, 0.25) is 0 Å². The summed E-state index contributed by atoms with van der Waals surface area (Å²) in [6.45, 7) is 2.91. The average Bonchev–Trinajstić information content (AvgIpc) is 2.67. The Morgan fingerprint density at radius 3 is 2.47 bits per heavy atom. The normalized spacial score (nSPS) is 10.5. The zero-order chi connectivity index (χ0) is 14.7. The molecule has 0 radical (unpaired) electrons. The van der Waals surface area contributed by atoms with Gasteiger partial charge < -0.3 is 14.6 Å². The molecule has 0 aliphatic carbocycles. The van der Waals surface area contributed by atoms with Crippen LogP contribution in [-0.4, -0.2) is 44.0 Å². The number of nitrogens with zero attached hydrogens (tertiary/aromatic N) is 3. The molecule has 19 heavy (non-hydrogen) atoms. The molecule has 0 atom stereocenters. The summed E-state index contributed by atoms with van der Waals surface area (Å²) < 4.78 is 1.32. The molecule has 8 nitrogen and oxygen atoms in total. The van der Waals surface area contributed by atoms with Gasteiger partial charge in [-0.15, -0.1) is 0 Å². The quantitative estimate of drug-likeness (QED) is 0.630. The smallest absolute Gasteiger partial charge is 0.323 e. The van der Waals surface area contributed by atoms with Crippen LogP contribution in [0.4, 0.5) is 5.69 Å². The Bertz CT molecular complexity index is 520. The number of hydrogen-bond acceptors (Lipinski definition) is 4. The molecule has 1 heterocycles. The minimum absolute atomic E-state index is 0.0849. The number of nitro groups is 1. The van der Waals surface area contributed by atoms with Crippen molar-refractivity contribution in [2.24, 2.45) is 7.05 Å². The fraction of sp³-hybridized carbons (Fsp3) is 0.455. The van der Waals surface area contributed by atoms with E-state index in [2.05, 4.69) is 0 Å². The Kier molecular flexibility index (Phi) is 4.26. The lowest BCUT2D eigenvalue weighted by atomic mass is 10.2. The second-order valence-corrected chi connectivity index (χ2v) is 4.37. The molecule has 0 fully saturated rings. The summed E-state index contributed by atoms with van der Waals surface area (Å²) in [6.07, 6.45) is 1.21. The van der Waals surface area contributed by atoms with E-state index in [9.17, 15) is 19.7 Å². The third-order valence-electron chi connectivity index (χ3n) is 2.61. The van der Waals surface area contributed by atoms with Crippen molar-refractivity contribution in [1.29, 1.82) is 0 Å². The molecule has 0 aliphatic rings. The number of aromatic nitrogens is 1. The van der Waals surface area contributed by atoms with E-state index in [4.69, 9.17) is 5.11 Å². The van der Waals surface area contributed by atoms with Crippen LogP contribution in [0, 0.1) is 10.1 Å². The predicted octanol–water partition coefficient (Wildman–Crippen LogP) is 0.868. The van der Waals surface area contributed by atoms with E-state index >= 15 is 0 Å². The first-order valence-corrected chi connectivity index (χ1v) is 5.57. The molecule has 1 aromatic heterocycles. The van der Waals surface area contributed by atoms with E-state index in [-0.39, 0.29) is 17.4 Å². The van der Waals surface area contributed by atoms with Crippen molar-refractivity contribution in [3.8, 4) is 0 Å². The number of carbonyl (C=O) groups excluding carboxylic acids is 1. The summed E-state index contributed by atoms with van der Waals surface area (Å²) in [5.74, 6) is -1.68. The van der Waals surface area contributed by atoms with Gasteiger partial charge in [0.15, 0.2) is 0 Å². The van der Waals surface area contributed by atoms with Gasteiger partial charge in [0, 0.05) is 19.2 Å². The van der Waals surface area contributed by atoms with E-state index in [0.717, 1.165) is 11.0 Å². The van der Waals surface area contributed by atoms with Crippen molar-refractivity contribution < 1.29 is 19.6 Å². The zero-order valence-corrected chi connectivity index (χ0v) is 10.9. The van der Waals surface area contributed by atoms with Crippen molar-refractivity contribution in [2.75, 3.05) is 6.54 Å². The maximum Gasteiger partial charge on any atom is 0.323 e. The highest BCUT2D eigenvalue weighted by molar-refractivity contribution is 5.95. The highest BCUT2D eigenvalue weighted by Crippen LogP contribution is 2.17. The van der Waals surface area contributed by atoms with Gasteiger partial charge in [-0.25, -0.2) is 0 Å². The lowest BCUT2D eigenvalue weighted by Crippen LogP contribution is -2.41. The molecular formula is C11H15N3O5. The second kappa shape index (κ2) is 5.51. The van der Waals surface area contributed by atoms with Crippen LogP contribution in [0.3, 0.4) is 0 Å². The van der Waals surface area contributed by atoms with Crippen LogP contribution in [0.1, 0.15) is 24.3 Å². The maximum absolute atomic E-state index is 12.2. The molecule has 0 saturated heterocycles. The zero-order valence-electron chi connectivity index (χ0n) is 10.9. The molecule has 0 bridgehead atoms. The standard InChI is InChI=1S/C11H15N3O5/c1-7(2)13(6-10(15)16)11(17)9-4-8(14(18)19)5-12(9)3/h4-5,7H,6H2,1-3H3,(H,15,16). The highest BCUT2D eigenvalue weighted by atomic mass is 16.6. The van der Waals surface area contributed by atoms with Gasteiger partial charge >= 0.3 is 5.97 Å². The van der Waals surface area contributed by atoms with Crippen molar-refractivity contribution in [3.05, 3.63) is 28.1 Å². The first kappa shape index (κ1) is 14.7. The minimum Gasteiger partial charge on any atom is -0.480 e. The monoisotopic (exact) mass is 269 g/mol. The summed E-state index contributed by atoms with van der Waals surface area (Å²) in [6, 6.07) is 0.817. The first-order chi connectivity index (χ1) is 8.73. The maximum atomic E-state index is 12.2. The van der Waals surface area contributed by atoms with Crippen LogP contribution < -0.4 is 0 Å². The third-order valence-corrected chi connectivity index (χ3v) is 2.61. The number of hydrogen-bond donors (Lipinski definition) is 1. The summed E-state index contributed by atoms with van der Waals surface area (Å²) in [5.41, 5.74) is -0.119. The fourth-order valence-corrected chi connectivity index (χ4v) is 1.64. The molecule has 1 N–H and O–H groups in total. The number of amides is 1. The lowest BCUT2D eigenvalue weighted by Gasteiger charge is -2.24. The Morgan fingerprint density at radius 2 is 2.11 bits per heavy atom. The van der Waals surface area contributed by atoms with Gasteiger partial charge in [0.2, 0.25) is 0 Å². The molecule has 0 unspecified atom stereocenters. The number of aliphatic carboxylic acids is 1. The molecule has 1 amide bonds. The Labute approximate surface area is 109 Å². The van der Waals surface area contributed by atoms with Crippen LogP contribution in [-0.2, 0) is 11.8 Å². The summed E-state index contributed by atoms with van der Waals surface area (Å²) in [4.78, 5) is 34.1. The summed E-state index contributed by atoms with van der Waals surface area (Å²) in [7, 11) is 1.50. The molecule has 0 aromatic carbocycles. The van der Waals surface area contributed by atoms with Gasteiger partial charge in [0.1, 0.15) is 12.2 Å². The van der Waals surface area contributed by atoms with Crippen molar-refractivity contribution in [3.63, 3.8) is 0 Å². The van der Waals surface area contributed by atoms with Crippen LogP contribution in [0.25, 0.3) is 0 Å². The molecule has 104 valence electrons. The molecule has 0 spiro atoms. The molecule has 1 aromatic rings. The largest absolute Gasteiger partial charge is 0.480 e. The van der Waals surface area contributed by atoms with Gasteiger partial charge in [0.05, 0.1) is 11.1 Å². The van der Waals surface area contributed by atoms with Crippen LogP contribution >= 0.6 is 0 Å². The summed E-state index contributed by atoms with van der Waals surface area (Å²) >= 11 is 0. The number of rotatable bonds is 5. The van der Waals surface area contributed by atoms with Gasteiger partial charge in [-0.1, -0.05) is 0 Å². The Hall–Kier alpha value is -2.38. The predicted molar refractivity (Wildman–Crippen MR) is 65.9 cm³/mol. The van der Waals surface area contributed by atoms with E-state index in [1.165, 1.54) is 17.8 Å². The van der Waals surface area contributed by atoms with Crippen molar-refractivity contribution in [1.82, 2.24) is 9.47 Å². The fourth-order valence-electron chi connectivity index (χ4n) is 1.64. The Balaban J connectivity index is 3.09. The molecule has 0 aliphatic heterocycles. The third kappa shape index (κ3) is 3.30. The number of carbonyl (C=O) groups is 2. The van der Waals surface area contributed by atoms with Gasteiger partial charge in [-0.2, -0.15) is 0 Å². The second-order valence-electron chi connectivity index (χ2n) is 4.37. The van der Waals surface area contributed by atoms with E-state index < -0.39 is 23.3 Å². The number of aryl methyl sites for hydroxylation is 1. The lowest BCUT2D eigenvalue weighted by molar-refractivity contribution is -0.384. The van der Waals surface area contributed by atoms with Crippen molar-refractivity contribution in [2.45, 2.75) is 19.9 Å². The summed E-state index contributed by atoms with van der Waals surface area (Å²) in [5, 5.41) is 19.4. The molecular weight excluding hydrogens is 254 g/mol. The van der Waals surface area contributed by atoms with Crippen molar-refractivity contribution >= 4 is 17.6 Å². The molecule has 1 rings (SSSR count). The molecule has 0 saturated carbocycles. The van der Waals surface area contributed by atoms with Gasteiger partial charge in [0.25, 0.3) is 11.6 Å². The van der Waals surface area contributed by atoms with E-state index in [0.29, 0.717) is 0 Å². The molecule has 8 heteroatoms. The topological polar surface area (TPSA) is 106 Å². The van der Waals surface area contributed by atoms with Gasteiger partial charge in [-0.3, -0.25) is 19.7 Å². The number of carboxylic acid groups (broad SMARTS) is 1. The van der Waals surface area contributed by atoms with Gasteiger partial charge in [-0.05, 0) is 13.8 Å². The van der Waals surface area contributed by atoms with E-state index in [1.807, 2.05) is 0 Å².